The van der Waals surface area contributed by atoms with Gasteiger partial charge in [-0.05, 0) is 18.9 Å². The highest BCUT2D eigenvalue weighted by Crippen LogP contribution is 2.25. The number of ether oxygens (including phenoxy) is 1. The molecule has 0 aromatic carbocycles. The minimum absolute atomic E-state index is 0.00126. The van der Waals surface area contributed by atoms with Crippen molar-refractivity contribution in [3.8, 4) is 0 Å². The molecule has 0 spiro atoms. The SMILES string of the molecule is O=C(c1ccc([N+](=O)[O-])s1)N1CCN(C(=O)[C@@H]2CCCO2)CC1. The van der Waals surface area contributed by atoms with Gasteiger partial charge in [0.05, 0.1) is 9.80 Å². The maximum atomic E-state index is 12.4. The summed E-state index contributed by atoms with van der Waals surface area (Å²) in [6, 6.07) is 2.82. The number of carbonyl (C=O) groups excluding carboxylic acids is 2. The van der Waals surface area contributed by atoms with Crippen LogP contribution in [0.1, 0.15) is 22.5 Å². The van der Waals surface area contributed by atoms with Gasteiger partial charge in [0.15, 0.2) is 0 Å². The molecule has 1 aromatic heterocycles. The summed E-state index contributed by atoms with van der Waals surface area (Å²) in [6.07, 6.45) is 1.33. The second kappa shape index (κ2) is 6.63. The molecule has 124 valence electrons. The molecular formula is C14H17N3O5S. The molecule has 2 aliphatic heterocycles. The van der Waals surface area contributed by atoms with Gasteiger partial charge in [0, 0.05) is 38.9 Å². The van der Waals surface area contributed by atoms with Crippen molar-refractivity contribution in [3.05, 3.63) is 27.1 Å². The van der Waals surface area contributed by atoms with E-state index in [0.29, 0.717) is 37.7 Å². The zero-order valence-electron chi connectivity index (χ0n) is 12.5. The summed E-state index contributed by atoms with van der Waals surface area (Å²) in [4.78, 5) is 38.5. The molecule has 9 heteroatoms. The highest BCUT2D eigenvalue weighted by Gasteiger charge is 2.32. The van der Waals surface area contributed by atoms with Crippen LogP contribution in [-0.4, -0.2) is 65.4 Å². The fourth-order valence-corrected chi connectivity index (χ4v) is 3.59. The number of carbonyl (C=O) groups is 2. The highest BCUT2D eigenvalue weighted by molar-refractivity contribution is 7.17. The first-order valence-corrected chi connectivity index (χ1v) is 8.32. The van der Waals surface area contributed by atoms with E-state index in [1.54, 1.807) is 9.80 Å². The number of hydrogen-bond donors (Lipinski definition) is 0. The van der Waals surface area contributed by atoms with Gasteiger partial charge in [-0.1, -0.05) is 11.3 Å². The number of piperazine rings is 1. The second-order valence-corrected chi connectivity index (χ2v) is 6.58. The summed E-state index contributed by atoms with van der Waals surface area (Å²) in [5.41, 5.74) is 0. The third-order valence-electron chi connectivity index (χ3n) is 4.07. The predicted molar refractivity (Wildman–Crippen MR) is 82.4 cm³/mol. The minimum Gasteiger partial charge on any atom is -0.368 e. The Hall–Kier alpha value is -2.00. The Bertz CT molecular complexity index is 618. The van der Waals surface area contributed by atoms with Gasteiger partial charge < -0.3 is 14.5 Å². The molecule has 2 amide bonds. The lowest BCUT2D eigenvalue weighted by atomic mass is 10.2. The molecule has 1 aromatic rings. The summed E-state index contributed by atoms with van der Waals surface area (Å²) < 4.78 is 5.40. The summed E-state index contributed by atoms with van der Waals surface area (Å²) in [7, 11) is 0. The van der Waals surface area contributed by atoms with Gasteiger partial charge in [-0.2, -0.15) is 0 Å². The van der Waals surface area contributed by atoms with Crippen LogP contribution in [0, 0.1) is 10.1 Å². The highest BCUT2D eigenvalue weighted by atomic mass is 32.1. The Morgan fingerprint density at radius 3 is 2.48 bits per heavy atom. The van der Waals surface area contributed by atoms with E-state index in [4.69, 9.17) is 4.74 Å². The fraction of sp³-hybridized carbons (Fsp3) is 0.571. The van der Waals surface area contributed by atoms with E-state index in [1.165, 1.54) is 12.1 Å². The average molecular weight is 339 g/mol. The Labute approximate surface area is 136 Å². The maximum Gasteiger partial charge on any atom is 0.324 e. The Morgan fingerprint density at radius 1 is 1.22 bits per heavy atom. The molecule has 3 heterocycles. The summed E-state index contributed by atoms with van der Waals surface area (Å²) in [5.74, 6) is -0.214. The predicted octanol–water partition coefficient (Wildman–Crippen LogP) is 1.12. The lowest BCUT2D eigenvalue weighted by Gasteiger charge is -2.35. The zero-order chi connectivity index (χ0) is 16.4. The molecule has 0 N–H and O–H groups in total. The van der Waals surface area contributed by atoms with Crippen molar-refractivity contribution in [3.63, 3.8) is 0 Å². The van der Waals surface area contributed by atoms with Crippen LogP contribution < -0.4 is 0 Å². The van der Waals surface area contributed by atoms with Gasteiger partial charge in [-0.3, -0.25) is 19.7 Å². The van der Waals surface area contributed by atoms with Crippen molar-refractivity contribution >= 4 is 28.2 Å². The standard InChI is InChI=1S/C14H17N3O5S/c18-13(10-2-1-9-22-10)15-5-7-16(8-6-15)14(19)11-3-4-12(23-11)17(20)21/h3-4,10H,1-2,5-9H2/t10-/m0/s1. The van der Waals surface area contributed by atoms with Crippen LogP contribution in [0.2, 0.25) is 0 Å². The first-order chi connectivity index (χ1) is 11.1. The lowest BCUT2D eigenvalue weighted by molar-refractivity contribution is -0.380. The third-order valence-corrected chi connectivity index (χ3v) is 5.09. The van der Waals surface area contributed by atoms with E-state index in [0.717, 1.165) is 24.2 Å². The Kier molecular flexibility index (Phi) is 4.58. The monoisotopic (exact) mass is 339 g/mol. The van der Waals surface area contributed by atoms with Crippen molar-refractivity contribution in [2.75, 3.05) is 32.8 Å². The molecule has 2 aliphatic rings. The molecule has 8 nitrogen and oxygen atoms in total. The van der Waals surface area contributed by atoms with Crippen LogP contribution >= 0.6 is 11.3 Å². The molecule has 0 aliphatic carbocycles. The lowest BCUT2D eigenvalue weighted by Crippen LogP contribution is -2.52. The summed E-state index contributed by atoms with van der Waals surface area (Å²) in [6.45, 7) is 2.44. The van der Waals surface area contributed by atoms with E-state index in [2.05, 4.69) is 0 Å². The van der Waals surface area contributed by atoms with Crippen molar-refractivity contribution < 1.29 is 19.2 Å². The van der Waals surface area contributed by atoms with Crippen LogP contribution in [0.25, 0.3) is 0 Å². The van der Waals surface area contributed by atoms with E-state index in [9.17, 15) is 19.7 Å². The average Bonchev–Trinajstić information content (AvgIpc) is 3.25. The molecule has 23 heavy (non-hydrogen) atoms. The van der Waals surface area contributed by atoms with Crippen molar-refractivity contribution in [2.45, 2.75) is 18.9 Å². The van der Waals surface area contributed by atoms with Crippen molar-refractivity contribution in [1.82, 2.24) is 9.80 Å². The summed E-state index contributed by atoms with van der Waals surface area (Å²) in [5, 5.41) is 10.7. The van der Waals surface area contributed by atoms with E-state index in [1.807, 2.05) is 0 Å². The Balaban J connectivity index is 1.56. The minimum atomic E-state index is -0.500. The van der Waals surface area contributed by atoms with Crippen molar-refractivity contribution in [1.29, 1.82) is 0 Å². The molecule has 2 fully saturated rings. The van der Waals surface area contributed by atoms with Crippen LogP contribution in [-0.2, 0) is 9.53 Å². The molecule has 0 saturated carbocycles. The number of nitro groups is 1. The van der Waals surface area contributed by atoms with E-state index < -0.39 is 4.92 Å². The van der Waals surface area contributed by atoms with Gasteiger partial charge in [-0.15, -0.1) is 0 Å². The topological polar surface area (TPSA) is 93.0 Å². The quantitative estimate of drug-likeness (QED) is 0.608. The van der Waals surface area contributed by atoms with Gasteiger partial charge in [0.25, 0.3) is 11.8 Å². The molecule has 0 unspecified atom stereocenters. The van der Waals surface area contributed by atoms with Crippen LogP contribution in [0.5, 0.6) is 0 Å². The van der Waals surface area contributed by atoms with E-state index >= 15 is 0 Å². The molecular weight excluding hydrogens is 322 g/mol. The number of hydrogen-bond acceptors (Lipinski definition) is 6. The first-order valence-electron chi connectivity index (χ1n) is 7.50. The molecule has 0 radical (unpaired) electrons. The Morgan fingerprint density at radius 2 is 1.91 bits per heavy atom. The molecule has 1 atom stereocenters. The largest absolute Gasteiger partial charge is 0.368 e. The van der Waals surface area contributed by atoms with Crippen LogP contribution in [0.4, 0.5) is 5.00 Å². The van der Waals surface area contributed by atoms with Gasteiger partial charge >= 0.3 is 5.00 Å². The van der Waals surface area contributed by atoms with Crippen LogP contribution in [0.15, 0.2) is 12.1 Å². The fourth-order valence-electron chi connectivity index (χ4n) is 2.80. The number of rotatable bonds is 3. The maximum absolute atomic E-state index is 12.4. The third kappa shape index (κ3) is 3.35. The van der Waals surface area contributed by atoms with Gasteiger partial charge in [-0.25, -0.2) is 0 Å². The smallest absolute Gasteiger partial charge is 0.324 e. The van der Waals surface area contributed by atoms with Gasteiger partial charge in [0.1, 0.15) is 6.10 Å². The first kappa shape index (κ1) is 15.9. The molecule has 0 bridgehead atoms. The number of nitrogens with zero attached hydrogens (tertiary/aromatic N) is 3. The summed E-state index contributed by atoms with van der Waals surface area (Å²) >= 11 is 0.879. The molecule has 2 saturated heterocycles. The normalized spacial score (nSPS) is 21.5. The zero-order valence-corrected chi connectivity index (χ0v) is 13.3. The number of amides is 2. The van der Waals surface area contributed by atoms with Crippen LogP contribution in [0.3, 0.4) is 0 Å². The second-order valence-electron chi connectivity index (χ2n) is 5.51. The number of thiophene rings is 1. The van der Waals surface area contributed by atoms with Crippen molar-refractivity contribution in [2.24, 2.45) is 0 Å². The molecule has 3 rings (SSSR count). The van der Waals surface area contributed by atoms with Gasteiger partial charge in [0.2, 0.25) is 0 Å². The van der Waals surface area contributed by atoms with E-state index in [-0.39, 0.29) is 22.9 Å².